The molecule has 2 rings (SSSR count). The van der Waals surface area contributed by atoms with E-state index in [1.807, 2.05) is 6.07 Å². The minimum absolute atomic E-state index is 0.415. The molecular formula is C11H10BrNO3. The van der Waals surface area contributed by atoms with Crippen molar-refractivity contribution in [2.24, 2.45) is 5.41 Å². The number of carbonyl (C=O) groups is 2. The van der Waals surface area contributed by atoms with Gasteiger partial charge in [0.2, 0.25) is 5.91 Å². The molecule has 0 radical (unpaired) electrons. The minimum atomic E-state index is -1.20. The first-order chi connectivity index (χ1) is 7.56. The van der Waals surface area contributed by atoms with E-state index < -0.39 is 17.3 Å². The number of benzene rings is 1. The number of hydrogen-bond donors (Lipinski definition) is 2. The molecule has 5 heteroatoms. The normalized spacial score (nSPS) is 16.6. The van der Waals surface area contributed by atoms with Crippen LogP contribution in [0.15, 0.2) is 28.7 Å². The predicted molar refractivity (Wildman–Crippen MR) is 62.1 cm³/mol. The Morgan fingerprint density at radius 2 is 1.94 bits per heavy atom. The van der Waals surface area contributed by atoms with Crippen molar-refractivity contribution in [2.45, 2.75) is 12.8 Å². The molecule has 2 N–H and O–H groups in total. The maximum absolute atomic E-state index is 11.8. The summed E-state index contributed by atoms with van der Waals surface area (Å²) in [6.07, 6.45) is 0.831. The topological polar surface area (TPSA) is 66.4 Å². The van der Waals surface area contributed by atoms with Crippen LogP contribution in [0.5, 0.6) is 0 Å². The van der Waals surface area contributed by atoms with E-state index in [-0.39, 0.29) is 0 Å². The highest BCUT2D eigenvalue weighted by Crippen LogP contribution is 2.47. The summed E-state index contributed by atoms with van der Waals surface area (Å²) in [7, 11) is 0. The number of hydrogen-bond acceptors (Lipinski definition) is 2. The van der Waals surface area contributed by atoms with Gasteiger partial charge in [-0.3, -0.25) is 9.59 Å². The van der Waals surface area contributed by atoms with E-state index in [0.29, 0.717) is 18.5 Å². The summed E-state index contributed by atoms with van der Waals surface area (Å²) in [5.74, 6) is -1.48. The van der Waals surface area contributed by atoms with Gasteiger partial charge in [-0.2, -0.15) is 0 Å². The van der Waals surface area contributed by atoms with Crippen molar-refractivity contribution in [2.75, 3.05) is 5.32 Å². The van der Waals surface area contributed by atoms with Crippen LogP contribution in [0.25, 0.3) is 0 Å². The van der Waals surface area contributed by atoms with Gasteiger partial charge in [-0.15, -0.1) is 0 Å². The largest absolute Gasteiger partial charge is 0.480 e. The molecule has 0 spiro atoms. The third-order valence-corrected chi connectivity index (χ3v) is 3.41. The van der Waals surface area contributed by atoms with Crippen molar-refractivity contribution in [1.82, 2.24) is 0 Å². The summed E-state index contributed by atoms with van der Waals surface area (Å²) in [6.45, 7) is 0. The van der Waals surface area contributed by atoms with Gasteiger partial charge in [-0.1, -0.05) is 12.1 Å². The van der Waals surface area contributed by atoms with Crippen LogP contribution in [0.1, 0.15) is 12.8 Å². The number of nitrogens with one attached hydrogen (secondary N) is 1. The molecule has 16 heavy (non-hydrogen) atoms. The number of amides is 1. The zero-order chi connectivity index (χ0) is 11.8. The van der Waals surface area contributed by atoms with Crippen LogP contribution in [-0.2, 0) is 9.59 Å². The van der Waals surface area contributed by atoms with Gasteiger partial charge in [0.15, 0.2) is 0 Å². The molecule has 1 aliphatic carbocycles. The Labute approximate surface area is 101 Å². The van der Waals surface area contributed by atoms with Crippen LogP contribution in [0.3, 0.4) is 0 Å². The first-order valence-electron chi connectivity index (χ1n) is 4.86. The molecule has 1 aromatic carbocycles. The van der Waals surface area contributed by atoms with Crippen molar-refractivity contribution < 1.29 is 14.7 Å². The van der Waals surface area contributed by atoms with Crippen molar-refractivity contribution in [3.8, 4) is 0 Å². The molecule has 0 atom stereocenters. The van der Waals surface area contributed by atoms with Crippen molar-refractivity contribution in [3.05, 3.63) is 28.7 Å². The van der Waals surface area contributed by atoms with Crippen LogP contribution in [0, 0.1) is 5.41 Å². The zero-order valence-corrected chi connectivity index (χ0v) is 9.95. The molecule has 0 bridgehead atoms. The second kappa shape index (κ2) is 3.90. The lowest BCUT2D eigenvalue weighted by molar-refractivity contribution is -0.147. The number of carboxylic acids is 1. The lowest BCUT2D eigenvalue weighted by atomic mass is 10.1. The molecule has 0 aromatic heterocycles. The first kappa shape index (κ1) is 11.1. The van der Waals surface area contributed by atoms with Crippen LogP contribution in [0.4, 0.5) is 5.69 Å². The highest BCUT2D eigenvalue weighted by molar-refractivity contribution is 9.10. The van der Waals surface area contributed by atoms with Gasteiger partial charge < -0.3 is 10.4 Å². The van der Waals surface area contributed by atoms with Gasteiger partial charge in [0, 0.05) is 4.47 Å². The van der Waals surface area contributed by atoms with Gasteiger partial charge in [0.1, 0.15) is 5.41 Å². The molecule has 1 aromatic rings. The Morgan fingerprint density at radius 3 is 2.44 bits per heavy atom. The van der Waals surface area contributed by atoms with E-state index in [1.54, 1.807) is 18.2 Å². The second-order valence-corrected chi connectivity index (χ2v) is 4.68. The van der Waals surface area contributed by atoms with Gasteiger partial charge >= 0.3 is 5.97 Å². The number of carbonyl (C=O) groups excluding carboxylic acids is 1. The molecular weight excluding hydrogens is 274 g/mol. The quantitative estimate of drug-likeness (QED) is 0.837. The van der Waals surface area contributed by atoms with E-state index in [2.05, 4.69) is 21.2 Å². The maximum atomic E-state index is 11.8. The number of anilines is 1. The van der Waals surface area contributed by atoms with Crippen molar-refractivity contribution in [3.63, 3.8) is 0 Å². The van der Waals surface area contributed by atoms with Crippen molar-refractivity contribution in [1.29, 1.82) is 0 Å². The van der Waals surface area contributed by atoms with Crippen LogP contribution >= 0.6 is 15.9 Å². The average Bonchev–Trinajstić information content (AvgIpc) is 3.02. The first-order valence-corrected chi connectivity index (χ1v) is 5.65. The van der Waals surface area contributed by atoms with Gasteiger partial charge in [0.05, 0.1) is 5.69 Å². The van der Waals surface area contributed by atoms with E-state index in [4.69, 9.17) is 5.11 Å². The van der Waals surface area contributed by atoms with E-state index in [0.717, 1.165) is 4.47 Å². The van der Waals surface area contributed by atoms with E-state index >= 15 is 0 Å². The second-order valence-electron chi connectivity index (χ2n) is 3.82. The number of para-hydroxylation sites is 1. The Bertz CT molecular complexity index is 454. The standard InChI is InChI=1S/C11H10BrNO3/c12-7-3-1-2-4-8(7)13-9(14)11(5-6-11)10(15)16/h1-4H,5-6H2,(H,13,14)(H,15,16). The number of aliphatic carboxylic acids is 1. The van der Waals surface area contributed by atoms with Crippen LogP contribution in [-0.4, -0.2) is 17.0 Å². The number of halogens is 1. The highest BCUT2D eigenvalue weighted by Gasteiger charge is 2.57. The Kier molecular flexibility index (Phi) is 2.71. The monoisotopic (exact) mass is 283 g/mol. The Morgan fingerprint density at radius 1 is 1.31 bits per heavy atom. The van der Waals surface area contributed by atoms with Crippen LogP contribution in [0.2, 0.25) is 0 Å². The molecule has 84 valence electrons. The number of rotatable bonds is 3. The zero-order valence-electron chi connectivity index (χ0n) is 8.37. The van der Waals surface area contributed by atoms with E-state index in [9.17, 15) is 9.59 Å². The Hall–Kier alpha value is -1.36. The molecule has 0 unspecified atom stereocenters. The fourth-order valence-electron chi connectivity index (χ4n) is 1.47. The van der Waals surface area contributed by atoms with Gasteiger partial charge in [-0.25, -0.2) is 0 Å². The smallest absolute Gasteiger partial charge is 0.319 e. The van der Waals surface area contributed by atoms with Crippen molar-refractivity contribution >= 4 is 33.5 Å². The lowest BCUT2D eigenvalue weighted by Gasteiger charge is -2.11. The highest BCUT2D eigenvalue weighted by atomic mass is 79.9. The third-order valence-electron chi connectivity index (χ3n) is 2.72. The summed E-state index contributed by atoms with van der Waals surface area (Å²) in [4.78, 5) is 22.7. The summed E-state index contributed by atoms with van der Waals surface area (Å²) in [5, 5.41) is 11.6. The summed E-state index contributed by atoms with van der Waals surface area (Å²) < 4.78 is 0.740. The van der Waals surface area contributed by atoms with E-state index in [1.165, 1.54) is 0 Å². The summed E-state index contributed by atoms with van der Waals surface area (Å²) >= 11 is 3.29. The Balaban J connectivity index is 2.15. The molecule has 1 aliphatic rings. The summed E-state index contributed by atoms with van der Waals surface area (Å²) in [5.41, 5.74) is -0.602. The molecule has 0 heterocycles. The maximum Gasteiger partial charge on any atom is 0.319 e. The average molecular weight is 284 g/mol. The number of carboxylic acid groups (broad SMARTS) is 1. The molecule has 0 saturated heterocycles. The van der Waals surface area contributed by atoms with Gasteiger partial charge in [-0.05, 0) is 40.9 Å². The van der Waals surface area contributed by atoms with Gasteiger partial charge in [0.25, 0.3) is 0 Å². The minimum Gasteiger partial charge on any atom is -0.480 e. The lowest BCUT2D eigenvalue weighted by Crippen LogP contribution is -2.31. The molecule has 1 saturated carbocycles. The molecule has 1 fully saturated rings. The third kappa shape index (κ3) is 1.82. The van der Waals surface area contributed by atoms with Crippen LogP contribution < -0.4 is 5.32 Å². The SMILES string of the molecule is O=C(O)C1(C(=O)Nc2ccccc2Br)CC1. The molecule has 4 nitrogen and oxygen atoms in total. The summed E-state index contributed by atoms with van der Waals surface area (Å²) in [6, 6.07) is 7.11. The fraction of sp³-hybridized carbons (Fsp3) is 0.273. The molecule has 1 amide bonds. The fourth-order valence-corrected chi connectivity index (χ4v) is 1.85. The predicted octanol–water partition coefficient (Wildman–Crippen LogP) is 2.25. The molecule has 0 aliphatic heterocycles.